The van der Waals surface area contributed by atoms with Crippen molar-refractivity contribution in [1.29, 1.82) is 0 Å². The topological polar surface area (TPSA) is 85.1 Å². The van der Waals surface area contributed by atoms with E-state index < -0.39 is 4.92 Å². The van der Waals surface area contributed by atoms with E-state index in [2.05, 4.69) is 10.3 Å². The van der Waals surface area contributed by atoms with Crippen LogP contribution in [-0.4, -0.2) is 22.1 Å². The molecule has 1 amide bonds. The maximum absolute atomic E-state index is 12.3. The summed E-state index contributed by atoms with van der Waals surface area (Å²) in [6.45, 7) is 0. The first-order valence-corrected chi connectivity index (χ1v) is 9.33. The van der Waals surface area contributed by atoms with Crippen molar-refractivity contribution in [1.82, 2.24) is 4.98 Å². The molecule has 0 aliphatic carbocycles. The number of carbonyl (C=O) groups excluding carboxylic acids is 1. The minimum Gasteiger partial charge on any atom is -0.298 e. The number of benzene rings is 2. The lowest BCUT2D eigenvalue weighted by Crippen LogP contribution is -2.11. The van der Waals surface area contributed by atoms with Gasteiger partial charge in [0.05, 0.1) is 10.6 Å². The van der Waals surface area contributed by atoms with Gasteiger partial charge in [-0.1, -0.05) is 6.07 Å². The fourth-order valence-corrected chi connectivity index (χ4v) is 3.33. The van der Waals surface area contributed by atoms with Crippen molar-refractivity contribution in [3.63, 3.8) is 0 Å². The number of nitrogens with zero attached hydrogens (tertiary/aromatic N) is 2. The van der Waals surface area contributed by atoms with Crippen LogP contribution >= 0.6 is 23.1 Å². The SMILES string of the molecule is CSc1cccc(C(=O)Nc2nc(-c3ccc([N+](=O)[O-])cc3)cs2)c1. The van der Waals surface area contributed by atoms with Gasteiger partial charge in [0.1, 0.15) is 0 Å². The van der Waals surface area contributed by atoms with Gasteiger partial charge in [0, 0.05) is 33.5 Å². The van der Waals surface area contributed by atoms with Gasteiger partial charge < -0.3 is 0 Å². The normalized spacial score (nSPS) is 10.4. The van der Waals surface area contributed by atoms with Crippen LogP contribution in [0.4, 0.5) is 10.8 Å². The summed E-state index contributed by atoms with van der Waals surface area (Å²) in [7, 11) is 0. The lowest BCUT2D eigenvalue weighted by atomic mass is 10.1. The van der Waals surface area contributed by atoms with Gasteiger partial charge in [0.15, 0.2) is 5.13 Å². The Balaban J connectivity index is 1.74. The Morgan fingerprint density at radius 1 is 1.24 bits per heavy atom. The molecule has 0 aliphatic heterocycles. The summed E-state index contributed by atoms with van der Waals surface area (Å²) in [6.07, 6.45) is 1.95. The van der Waals surface area contributed by atoms with E-state index in [-0.39, 0.29) is 11.6 Å². The fourth-order valence-electron chi connectivity index (χ4n) is 2.15. The predicted molar refractivity (Wildman–Crippen MR) is 100 cm³/mol. The van der Waals surface area contributed by atoms with E-state index in [1.165, 1.54) is 23.5 Å². The van der Waals surface area contributed by atoms with Crippen LogP contribution in [-0.2, 0) is 0 Å². The van der Waals surface area contributed by atoms with Crippen LogP contribution in [0.5, 0.6) is 0 Å². The Morgan fingerprint density at radius 2 is 2.00 bits per heavy atom. The maximum Gasteiger partial charge on any atom is 0.269 e. The van der Waals surface area contributed by atoms with E-state index >= 15 is 0 Å². The number of carbonyl (C=O) groups is 1. The van der Waals surface area contributed by atoms with Gasteiger partial charge in [-0.2, -0.15) is 0 Å². The molecule has 0 unspecified atom stereocenters. The minimum atomic E-state index is -0.445. The van der Waals surface area contributed by atoms with Crippen LogP contribution in [0.1, 0.15) is 10.4 Å². The van der Waals surface area contributed by atoms with E-state index in [4.69, 9.17) is 0 Å². The van der Waals surface area contributed by atoms with Crippen molar-refractivity contribution < 1.29 is 9.72 Å². The van der Waals surface area contributed by atoms with Gasteiger partial charge in [-0.25, -0.2) is 4.98 Å². The van der Waals surface area contributed by atoms with Crippen molar-refractivity contribution in [2.75, 3.05) is 11.6 Å². The average molecular weight is 371 g/mol. The molecule has 0 saturated carbocycles. The van der Waals surface area contributed by atoms with E-state index in [9.17, 15) is 14.9 Å². The van der Waals surface area contributed by atoms with Crippen LogP contribution < -0.4 is 5.32 Å². The third kappa shape index (κ3) is 4.04. The van der Waals surface area contributed by atoms with Gasteiger partial charge in [-0.05, 0) is 36.6 Å². The quantitative estimate of drug-likeness (QED) is 0.399. The zero-order chi connectivity index (χ0) is 17.8. The molecule has 1 N–H and O–H groups in total. The molecule has 0 atom stereocenters. The second kappa shape index (κ2) is 7.45. The zero-order valence-corrected chi connectivity index (χ0v) is 14.8. The summed E-state index contributed by atoms with van der Waals surface area (Å²) < 4.78 is 0. The second-order valence-corrected chi connectivity index (χ2v) is 6.77. The first-order chi connectivity index (χ1) is 12.1. The summed E-state index contributed by atoms with van der Waals surface area (Å²) in [5.74, 6) is -0.222. The molecule has 6 nitrogen and oxygen atoms in total. The second-order valence-electron chi connectivity index (χ2n) is 5.03. The van der Waals surface area contributed by atoms with E-state index in [1.54, 1.807) is 35.3 Å². The molecule has 126 valence electrons. The maximum atomic E-state index is 12.3. The molecular weight excluding hydrogens is 358 g/mol. The number of nitrogens with one attached hydrogen (secondary N) is 1. The van der Waals surface area contributed by atoms with Crippen LogP contribution in [0.2, 0.25) is 0 Å². The van der Waals surface area contributed by atoms with E-state index in [1.807, 2.05) is 24.5 Å². The highest BCUT2D eigenvalue weighted by Crippen LogP contribution is 2.27. The highest BCUT2D eigenvalue weighted by atomic mass is 32.2. The highest BCUT2D eigenvalue weighted by Gasteiger charge is 2.11. The average Bonchev–Trinajstić information content (AvgIpc) is 3.10. The molecule has 0 bridgehead atoms. The summed E-state index contributed by atoms with van der Waals surface area (Å²) in [5, 5.41) is 15.8. The van der Waals surface area contributed by atoms with Crippen molar-refractivity contribution in [2.24, 2.45) is 0 Å². The molecular formula is C17H13N3O3S2. The summed E-state index contributed by atoms with van der Waals surface area (Å²) >= 11 is 2.88. The van der Waals surface area contributed by atoms with Crippen molar-refractivity contribution >= 4 is 39.8 Å². The number of non-ortho nitro benzene ring substituents is 1. The first kappa shape index (κ1) is 17.1. The van der Waals surface area contributed by atoms with Gasteiger partial charge >= 0.3 is 0 Å². The molecule has 2 aromatic carbocycles. The van der Waals surface area contributed by atoms with Crippen LogP contribution in [0, 0.1) is 10.1 Å². The van der Waals surface area contributed by atoms with Gasteiger partial charge in [-0.3, -0.25) is 20.2 Å². The molecule has 25 heavy (non-hydrogen) atoms. The molecule has 3 rings (SSSR count). The summed E-state index contributed by atoms with van der Waals surface area (Å²) in [4.78, 5) is 28.0. The first-order valence-electron chi connectivity index (χ1n) is 7.22. The Morgan fingerprint density at radius 3 is 2.68 bits per heavy atom. The Hall–Kier alpha value is -2.71. The Labute approximate surface area is 152 Å². The molecule has 8 heteroatoms. The smallest absolute Gasteiger partial charge is 0.269 e. The molecule has 0 fully saturated rings. The van der Waals surface area contributed by atoms with Gasteiger partial charge in [-0.15, -0.1) is 23.1 Å². The van der Waals surface area contributed by atoms with Crippen LogP contribution in [0.15, 0.2) is 58.8 Å². The standard InChI is InChI=1S/C17H13N3O3S2/c1-24-14-4-2-3-12(9-14)16(21)19-17-18-15(10-25-17)11-5-7-13(8-6-11)20(22)23/h2-10H,1H3,(H,18,19,21). The fraction of sp³-hybridized carbons (Fsp3) is 0.0588. The zero-order valence-electron chi connectivity index (χ0n) is 13.1. The minimum absolute atomic E-state index is 0.0289. The van der Waals surface area contributed by atoms with Gasteiger partial charge in [0.25, 0.3) is 11.6 Å². The van der Waals surface area contributed by atoms with Crippen molar-refractivity contribution in [3.05, 3.63) is 69.6 Å². The lowest BCUT2D eigenvalue weighted by molar-refractivity contribution is -0.384. The van der Waals surface area contributed by atoms with E-state index in [0.29, 0.717) is 16.4 Å². The number of nitro benzene ring substituents is 1. The largest absolute Gasteiger partial charge is 0.298 e. The molecule has 0 saturated heterocycles. The van der Waals surface area contributed by atoms with Crippen LogP contribution in [0.3, 0.4) is 0 Å². The van der Waals surface area contributed by atoms with Crippen molar-refractivity contribution in [2.45, 2.75) is 4.90 Å². The van der Waals surface area contributed by atoms with E-state index in [0.717, 1.165) is 10.5 Å². The molecule has 0 aliphatic rings. The number of nitro groups is 1. The third-order valence-electron chi connectivity index (χ3n) is 3.43. The molecule has 1 heterocycles. The number of amides is 1. The number of aromatic nitrogens is 1. The third-order valence-corrected chi connectivity index (χ3v) is 4.91. The Kier molecular flexibility index (Phi) is 5.11. The van der Waals surface area contributed by atoms with Crippen molar-refractivity contribution in [3.8, 4) is 11.3 Å². The lowest BCUT2D eigenvalue weighted by Gasteiger charge is -2.03. The highest BCUT2D eigenvalue weighted by molar-refractivity contribution is 7.98. The Bertz CT molecular complexity index is 923. The van der Waals surface area contributed by atoms with Gasteiger partial charge in [0.2, 0.25) is 0 Å². The molecule has 3 aromatic rings. The summed E-state index contributed by atoms with van der Waals surface area (Å²) in [5.41, 5.74) is 2.01. The predicted octanol–water partition coefficient (Wildman–Crippen LogP) is 4.69. The molecule has 0 radical (unpaired) electrons. The number of hydrogen-bond donors (Lipinski definition) is 1. The molecule has 1 aromatic heterocycles. The number of hydrogen-bond acceptors (Lipinski definition) is 6. The van der Waals surface area contributed by atoms with Crippen LogP contribution in [0.25, 0.3) is 11.3 Å². The number of thiazole rings is 1. The number of thioether (sulfide) groups is 1. The number of anilines is 1. The molecule has 0 spiro atoms. The number of rotatable bonds is 5. The monoisotopic (exact) mass is 371 g/mol. The summed E-state index contributed by atoms with van der Waals surface area (Å²) in [6, 6.07) is 13.5.